The van der Waals surface area contributed by atoms with Crippen molar-refractivity contribution in [3.05, 3.63) is 23.8 Å². The normalized spacial score (nSPS) is 20.2. The zero-order chi connectivity index (χ0) is 14.1. The maximum Gasteiger partial charge on any atom is 0.182 e. The number of nitrogen functional groups attached to an aromatic ring is 1. The van der Waals surface area contributed by atoms with Crippen LogP contribution in [0.1, 0.15) is 24.9 Å². The summed E-state index contributed by atoms with van der Waals surface area (Å²) in [5, 5.41) is 12.2. The topological polar surface area (TPSA) is 78.8 Å². The van der Waals surface area contributed by atoms with Gasteiger partial charge in [-0.1, -0.05) is 0 Å². The number of aryl methyl sites for hydroxylation is 1. The van der Waals surface area contributed by atoms with E-state index in [0.717, 1.165) is 42.3 Å². The van der Waals surface area contributed by atoms with Gasteiger partial charge in [0.05, 0.1) is 12.6 Å². The largest absolute Gasteiger partial charge is 0.399 e. The van der Waals surface area contributed by atoms with Gasteiger partial charge in [0.25, 0.3) is 0 Å². The number of aromatic nitrogens is 4. The van der Waals surface area contributed by atoms with E-state index in [1.54, 1.807) is 0 Å². The van der Waals surface area contributed by atoms with Gasteiger partial charge in [0.15, 0.2) is 5.82 Å². The van der Waals surface area contributed by atoms with E-state index in [2.05, 4.69) is 22.4 Å². The van der Waals surface area contributed by atoms with Gasteiger partial charge in [0, 0.05) is 23.8 Å². The highest BCUT2D eigenvalue weighted by atomic mass is 16.5. The molecule has 6 heteroatoms. The first-order chi connectivity index (χ1) is 9.66. The van der Waals surface area contributed by atoms with Crippen molar-refractivity contribution < 1.29 is 4.74 Å². The molecule has 2 atom stereocenters. The smallest absolute Gasteiger partial charge is 0.182 e. The van der Waals surface area contributed by atoms with E-state index in [0.29, 0.717) is 5.92 Å². The first-order valence-electron chi connectivity index (χ1n) is 6.89. The summed E-state index contributed by atoms with van der Waals surface area (Å²) in [4.78, 5) is 0. The third-order valence-electron chi connectivity index (χ3n) is 4.05. The van der Waals surface area contributed by atoms with E-state index < -0.39 is 0 Å². The van der Waals surface area contributed by atoms with E-state index >= 15 is 0 Å². The minimum Gasteiger partial charge on any atom is -0.399 e. The van der Waals surface area contributed by atoms with Gasteiger partial charge in [-0.25, -0.2) is 4.68 Å². The number of hydrogen-bond donors (Lipinski definition) is 1. The molecule has 0 aliphatic carbocycles. The van der Waals surface area contributed by atoms with E-state index in [1.807, 2.05) is 29.8 Å². The standard InChI is InChI=1S/C14H19N5O/c1-9-7-11(3-4-13(9)15)14-16-17-18-19(14)10(2)12-5-6-20-8-12/h3-4,7,10,12H,5-6,8,15H2,1-2H3. The monoisotopic (exact) mass is 273 g/mol. The number of nitrogens with two attached hydrogens (primary N) is 1. The van der Waals surface area contributed by atoms with Crippen molar-refractivity contribution in [2.45, 2.75) is 26.3 Å². The van der Waals surface area contributed by atoms with Crippen LogP contribution in [0.3, 0.4) is 0 Å². The lowest BCUT2D eigenvalue weighted by Gasteiger charge is -2.18. The molecule has 0 radical (unpaired) electrons. The van der Waals surface area contributed by atoms with Crippen molar-refractivity contribution in [1.82, 2.24) is 20.2 Å². The molecule has 2 N–H and O–H groups in total. The molecule has 1 aliphatic heterocycles. The SMILES string of the molecule is Cc1cc(-c2nnnn2C(C)C2CCOC2)ccc1N. The quantitative estimate of drug-likeness (QED) is 0.863. The molecular weight excluding hydrogens is 254 g/mol. The summed E-state index contributed by atoms with van der Waals surface area (Å²) in [5.74, 6) is 1.25. The van der Waals surface area contributed by atoms with E-state index in [9.17, 15) is 0 Å². The van der Waals surface area contributed by atoms with Crippen LogP contribution in [-0.2, 0) is 4.74 Å². The second kappa shape index (κ2) is 5.20. The number of rotatable bonds is 3. The molecule has 2 unspecified atom stereocenters. The summed E-state index contributed by atoms with van der Waals surface area (Å²) in [6, 6.07) is 6.10. The highest BCUT2D eigenvalue weighted by molar-refractivity contribution is 5.61. The Kier molecular flexibility index (Phi) is 3.40. The summed E-state index contributed by atoms with van der Waals surface area (Å²) in [6.07, 6.45) is 1.06. The van der Waals surface area contributed by atoms with E-state index in [4.69, 9.17) is 10.5 Å². The summed E-state index contributed by atoms with van der Waals surface area (Å²) >= 11 is 0. The fourth-order valence-electron chi connectivity index (χ4n) is 2.61. The highest BCUT2D eigenvalue weighted by Gasteiger charge is 2.26. The molecule has 1 saturated heterocycles. The first kappa shape index (κ1) is 13.1. The Morgan fingerprint density at radius 3 is 3.00 bits per heavy atom. The van der Waals surface area contributed by atoms with Crippen LogP contribution in [0.5, 0.6) is 0 Å². The van der Waals surface area contributed by atoms with Crippen molar-refractivity contribution in [3.63, 3.8) is 0 Å². The summed E-state index contributed by atoms with van der Waals surface area (Å²) in [6.45, 7) is 5.74. The molecular formula is C14H19N5O. The summed E-state index contributed by atoms with van der Waals surface area (Å²) < 4.78 is 7.35. The van der Waals surface area contributed by atoms with Crippen LogP contribution in [0.15, 0.2) is 18.2 Å². The lowest BCUT2D eigenvalue weighted by Crippen LogP contribution is -2.19. The number of nitrogens with zero attached hydrogens (tertiary/aromatic N) is 4. The van der Waals surface area contributed by atoms with Crippen molar-refractivity contribution in [2.75, 3.05) is 18.9 Å². The minimum atomic E-state index is 0.223. The third-order valence-corrected chi connectivity index (χ3v) is 4.05. The van der Waals surface area contributed by atoms with Crippen LogP contribution in [0.2, 0.25) is 0 Å². The fraction of sp³-hybridized carbons (Fsp3) is 0.500. The van der Waals surface area contributed by atoms with Crippen LogP contribution >= 0.6 is 0 Å². The van der Waals surface area contributed by atoms with Crippen molar-refractivity contribution >= 4 is 5.69 Å². The van der Waals surface area contributed by atoms with Gasteiger partial charge in [-0.15, -0.1) is 5.10 Å². The molecule has 20 heavy (non-hydrogen) atoms. The van der Waals surface area contributed by atoms with E-state index in [1.165, 1.54) is 0 Å². The maximum atomic E-state index is 5.86. The molecule has 1 aromatic heterocycles. The molecule has 0 bridgehead atoms. The zero-order valence-corrected chi connectivity index (χ0v) is 11.8. The molecule has 1 fully saturated rings. The van der Waals surface area contributed by atoms with Crippen LogP contribution in [0.25, 0.3) is 11.4 Å². The van der Waals surface area contributed by atoms with Crippen LogP contribution in [-0.4, -0.2) is 33.4 Å². The van der Waals surface area contributed by atoms with Crippen LogP contribution in [0.4, 0.5) is 5.69 Å². The molecule has 1 aromatic carbocycles. The Balaban J connectivity index is 1.94. The number of benzene rings is 1. The number of ether oxygens (including phenoxy) is 1. The average Bonchev–Trinajstić information content (AvgIpc) is 3.11. The van der Waals surface area contributed by atoms with Crippen molar-refractivity contribution in [1.29, 1.82) is 0 Å². The van der Waals surface area contributed by atoms with Gasteiger partial charge in [-0.2, -0.15) is 0 Å². The lowest BCUT2D eigenvalue weighted by atomic mass is 10.0. The van der Waals surface area contributed by atoms with Gasteiger partial charge in [0.1, 0.15) is 0 Å². The van der Waals surface area contributed by atoms with Crippen molar-refractivity contribution in [2.24, 2.45) is 5.92 Å². The van der Waals surface area contributed by atoms with Gasteiger partial charge in [-0.3, -0.25) is 0 Å². The minimum absolute atomic E-state index is 0.223. The Morgan fingerprint density at radius 1 is 1.45 bits per heavy atom. The summed E-state index contributed by atoms with van der Waals surface area (Å²) in [5.41, 5.74) is 8.68. The van der Waals surface area contributed by atoms with Gasteiger partial charge in [0.2, 0.25) is 0 Å². The molecule has 0 amide bonds. The van der Waals surface area contributed by atoms with Gasteiger partial charge < -0.3 is 10.5 Å². The predicted octanol–water partition coefficient (Wildman–Crippen LogP) is 1.83. The Hall–Kier alpha value is -1.95. The lowest BCUT2D eigenvalue weighted by molar-refractivity contribution is 0.173. The molecule has 0 spiro atoms. The molecule has 2 heterocycles. The Bertz CT molecular complexity index is 603. The molecule has 2 aromatic rings. The molecule has 106 valence electrons. The molecule has 0 saturated carbocycles. The van der Waals surface area contributed by atoms with E-state index in [-0.39, 0.29) is 6.04 Å². The van der Waals surface area contributed by atoms with Crippen LogP contribution in [0, 0.1) is 12.8 Å². The molecule has 6 nitrogen and oxygen atoms in total. The number of hydrogen-bond acceptors (Lipinski definition) is 5. The zero-order valence-electron chi connectivity index (χ0n) is 11.8. The summed E-state index contributed by atoms with van der Waals surface area (Å²) in [7, 11) is 0. The first-order valence-corrected chi connectivity index (χ1v) is 6.89. The number of anilines is 1. The second-order valence-electron chi connectivity index (χ2n) is 5.38. The number of tetrazole rings is 1. The molecule has 1 aliphatic rings. The predicted molar refractivity (Wildman–Crippen MR) is 76.0 cm³/mol. The van der Waals surface area contributed by atoms with Gasteiger partial charge >= 0.3 is 0 Å². The van der Waals surface area contributed by atoms with Crippen molar-refractivity contribution in [3.8, 4) is 11.4 Å². The van der Waals surface area contributed by atoms with Crippen LogP contribution < -0.4 is 5.73 Å². The fourth-order valence-corrected chi connectivity index (χ4v) is 2.61. The molecule has 3 rings (SSSR count). The third kappa shape index (κ3) is 2.27. The highest BCUT2D eigenvalue weighted by Crippen LogP contribution is 2.29. The van der Waals surface area contributed by atoms with Gasteiger partial charge in [-0.05, 0) is 54.5 Å². The Morgan fingerprint density at radius 2 is 2.30 bits per heavy atom. The second-order valence-corrected chi connectivity index (χ2v) is 5.38. The average molecular weight is 273 g/mol. The Labute approximate surface area is 117 Å². The maximum absolute atomic E-state index is 5.86.